The maximum Gasteiger partial charge on any atom is 0.331 e. The highest BCUT2D eigenvalue weighted by Crippen LogP contribution is 2.41. The number of pyridine rings is 1. The molecule has 2 fully saturated rings. The second-order valence-corrected chi connectivity index (χ2v) is 9.17. The highest BCUT2D eigenvalue weighted by molar-refractivity contribution is 6.34. The van der Waals surface area contributed by atoms with Crippen LogP contribution in [0.15, 0.2) is 48.7 Å². The van der Waals surface area contributed by atoms with Gasteiger partial charge in [-0.25, -0.2) is 14.2 Å². The van der Waals surface area contributed by atoms with Crippen LogP contribution in [0.4, 0.5) is 20.7 Å². The van der Waals surface area contributed by atoms with E-state index in [1.54, 1.807) is 30.5 Å². The van der Waals surface area contributed by atoms with E-state index in [1.165, 1.54) is 24.0 Å². The van der Waals surface area contributed by atoms with Crippen molar-refractivity contribution < 1.29 is 19.1 Å². The van der Waals surface area contributed by atoms with Gasteiger partial charge in [-0.3, -0.25) is 14.6 Å². The number of carbonyl (C=O) groups is 2. The predicted octanol–water partition coefficient (Wildman–Crippen LogP) is 4.11. The van der Waals surface area contributed by atoms with Gasteiger partial charge in [-0.15, -0.1) is 0 Å². The Morgan fingerprint density at radius 1 is 1.03 bits per heavy atom. The monoisotopic (exact) mass is 509 g/mol. The minimum atomic E-state index is -0.509. The van der Waals surface area contributed by atoms with Crippen molar-refractivity contribution in [2.24, 2.45) is 0 Å². The summed E-state index contributed by atoms with van der Waals surface area (Å²) in [5, 5.41) is 14.7. The van der Waals surface area contributed by atoms with Gasteiger partial charge in [0, 0.05) is 63.5 Å². The smallest absolute Gasteiger partial charge is 0.331 e. The van der Waals surface area contributed by atoms with Crippen LogP contribution in [0.2, 0.25) is 5.02 Å². The maximum atomic E-state index is 14.8. The molecule has 0 spiro atoms. The molecule has 36 heavy (non-hydrogen) atoms. The lowest BCUT2D eigenvalue weighted by Gasteiger charge is -2.28. The first-order chi connectivity index (χ1) is 17.3. The Hall–Kier alpha value is -3.69. The molecule has 2 aliphatic rings. The van der Waals surface area contributed by atoms with Crippen LogP contribution in [-0.2, 0) is 4.79 Å². The van der Waals surface area contributed by atoms with Gasteiger partial charge >= 0.3 is 6.03 Å². The fourth-order valence-corrected chi connectivity index (χ4v) is 4.92. The summed E-state index contributed by atoms with van der Waals surface area (Å²) in [6, 6.07) is 10.6. The van der Waals surface area contributed by atoms with Gasteiger partial charge in [0.25, 0.3) is 0 Å². The number of halogens is 2. The van der Waals surface area contributed by atoms with E-state index in [9.17, 15) is 19.1 Å². The highest BCUT2D eigenvalue weighted by atomic mass is 35.5. The second-order valence-electron chi connectivity index (χ2n) is 8.76. The van der Waals surface area contributed by atoms with Crippen molar-refractivity contribution in [1.29, 1.82) is 0 Å². The number of hydrogen-bond acceptors (Lipinski definition) is 6. The normalized spacial score (nSPS) is 16.1. The van der Waals surface area contributed by atoms with Crippen LogP contribution in [0, 0.1) is 5.82 Å². The minimum absolute atomic E-state index is 0.0855. The summed E-state index contributed by atoms with van der Waals surface area (Å²) < 4.78 is 14.8. The maximum absolute atomic E-state index is 14.8. The van der Waals surface area contributed by atoms with E-state index in [-0.39, 0.29) is 28.8 Å². The molecule has 8 nitrogen and oxygen atoms in total. The van der Waals surface area contributed by atoms with Crippen LogP contribution < -0.4 is 15.1 Å². The summed E-state index contributed by atoms with van der Waals surface area (Å²) in [5.41, 5.74) is 2.20. The molecule has 3 aromatic rings. The van der Waals surface area contributed by atoms with E-state index in [1.807, 2.05) is 6.07 Å². The average Bonchev–Trinajstić information content (AvgIpc) is 3.27. The van der Waals surface area contributed by atoms with Crippen molar-refractivity contribution in [3.8, 4) is 28.0 Å². The number of aromatic hydroxyl groups is 1. The van der Waals surface area contributed by atoms with Crippen molar-refractivity contribution in [2.45, 2.75) is 6.92 Å². The summed E-state index contributed by atoms with van der Waals surface area (Å²) in [4.78, 5) is 33.4. The number of nitrogens with zero attached hydrogens (tertiary/aromatic N) is 4. The molecule has 3 heterocycles. The fourth-order valence-electron chi connectivity index (χ4n) is 4.64. The fraction of sp³-hybridized carbons (Fsp3) is 0.269. The number of piperazine rings is 1. The summed E-state index contributed by atoms with van der Waals surface area (Å²) in [5.74, 6) is -0.159. The molecular formula is C26H25ClFN5O3. The number of phenolic OH excluding ortho intramolecular Hbond substituents is 1. The van der Waals surface area contributed by atoms with Crippen LogP contribution >= 0.6 is 11.6 Å². The van der Waals surface area contributed by atoms with Gasteiger partial charge in [-0.05, 0) is 47.5 Å². The number of rotatable bonds is 4. The van der Waals surface area contributed by atoms with Crippen LogP contribution in [0.3, 0.4) is 0 Å². The summed E-state index contributed by atoms with van der Waals surface area (Å²) in [7, 11) is 0. The first-order valence-corrected chi connectivity index (χ1v) is 12.1. The van der Waals surface area contributed by atoms with E-state index < -0.39 is 11.8 Å². The molecule has 2 saturated heterocycles. The zero-order valence-corrected chi connectivity index (χ0v) is 20.4. The molecule has 0 bridgehead atoms. The molecule has 2 aliphatic heterocycles. The SMILES string of the molecule is CC(=O)N1CCN(c2ccc(-c3cc(F)cc(-c4ccnc(N5CCNCC5)c4)c3O)cc2Cl)C1=O. The quantitative estimate of drug-likeness (QED) is 0.550. The lowest BCUT2D eigenvalue weighted by Crippen LogP contribution is -2.43. The van der Waals surface area contributed by atoms with Crippen molar-refractivity contribution in [3.05, 3.63) is 59.5 Å². The number of nitrogens with one attached hydrogen (secondary N) is 1. The molecule has 5 rings (SSSR count). The van der Waals surface area contributed by atoms with Crippen molar-refractivity contribution >= 4 is 35.0 Å². The molecule has 1 aromatic heterocycles. The van der Waals surface area contributed by atoms with E-state index >= 15 is 0 Å². The molecule has 0 saturated carbocycles. The van der Waals surface area contributed by atoms with E-state index in [4.69, 9.17) is 11.6 Å². The largest absolute Gasteiger partial charge is 0.507 e. The molecule has 0 unspecified atom stereocenters. The molecule has 2 N–H and O–H groups in total. The van der Waals surface area contributed by atoms with Gasteiger partial charge in [-0.2, -0.15) is 0 Å². The van der Waals surface area contributed by atoms with Gasteiger partial charge in [-0.1, -0.05) is 17.7 Å². The number of urea groups is 1. The van der Waals surface area contributed by atoms with Gasteiger partial charge in [0.1, 0.15) is 17.4 Å². The predicted molar refractivity (Wildman–Crippen MR) is 137 cm³/mol. The number of aromatic nitrogens is 1. The number of hydrogen-bond donors (Lipinski definition) is 2. The van der Waals surface area contributed by atoms with Crippen LogP contribution in [-0.4, -0.2) is 66.2 Å². The van der Waals surface area contributed by atoms with Crippen molar-refractivity contribution in [2.75, 3.05) is 49.1 Å². The molecule has 10 heteroatoms. The average molecular weight is 510 g/mol. The lowest BCUT2D eigenvalue weighted by molar-refractivity contribution is -0.125. The number of anilines is 2. The Bertz CT molecular complexity index is 1350. The summed E-state index contributed by atoms with van der Waals surface area (Å²) >= 11 is 6.52. The molecule has 3 amide bonds. The highest BCUT2D eigenvalue weighted by Gasteiger charge is 2.33. The third kappa shape index (κ3) is 4.47. The molecule has 0 atom stereocenters. The van der Waals surface area contributed by atoms with Gasteiger partial charge in [0.2, 0.25) is 5.91 Å². The van der Waals surface area contributed by atoms with Crippen LogP contribution in [0.25, 0.3) is 22.3 Å². The zero-order chi connectivity index (χ0) is 25.4. The van der Waals surface area contributed by atoms with Gasteiger partial charge in [0.05, 0.1) is 10.7 Å². The molecule has 2 aromatic carbocycles. The topological polar surface area (TPSA) is 89.0 Å². The zero-order valence-electron chi connectivity index (χ0n) is 19.7. The van der Waals surface area contributed by atoms with Gasteiger partial charge < -0.3 is 15.3 Å². The number of carbonyl (C=O) groups excluding carboxylic acids is 2. The number of benzene rings is 2. The van der Waals surface area contributed by atoms with E-state index in [2.05, 4.69) is 15.2 Å². The lowest BCUT2D eigenvalue weighted by atomic mass is 9.97. The Labute approximate surface area is 212 Å². The first kappa shape index (κ1) is 24.0. The van der Waals surface area contributed by atoms with E-state index in [0.717, 1.165) is 36.9 Å². The standard InChI is InChI=1S/C26H25ClFN5O3/c1-16(34)32-10-11-33(26(32)36)23-3-2-17(12-22(23)27)20-14-19(28)15-21(25(20)35)18-4-5-30-24(13-18)31-8-6-29-7-9-31/h2-5,12-15,29,35H,6-11H2,1H3. The number of imide groups is 1. The Kier molecular flexibility index (Phi) is 6.51. The van der Waals surface area contributed by atoms with Crippen LogP contribution in [0.1, 0.15) is 6.92 Å². The third-order valence-electron chi connectivity index (χ3n) is 6.51. The molecule has 0 aliphatic carbocycles. The minimum Gasteiger partial charge on any atom is -0.507 e. The molecular weight excluding hydrogens is 485 g/mol. The summed E-state index contributed by atoms with van der Waals surface area (Å²) in [6.45, 7) is 5.27. The number of amides is 3. The second kappa shape index (κ2) is 9.75. The van der Waals surface area contributed by atoms with Crippen molar-refractivity contribution in [1.82, 2.24) is 15.2 Å². The third-order valence-corrected chi connectivity index (χ3v) is 6.81. The Morgan fingerprint density at radius 2 is 1.72 bits per heavy atom. The van der Waals surface area contributed by atoms with Gasteiger partial charge in [0.15, 0.2) is 0 Å². The van der Waals surface area contributed by atoms with Crippen LogP contribution in [0.5, 0.6) is 5.75 Å². The first-order valence-electron chi connectivity index (χ1n) is 11.7. The summed E-state index contributed by atoms with van der Waals surface area (Å²) in [6.07, 6.45) is 1.65. The van der Waals surface area contributed by atoms with Crippen molar-refractivity contribution in [3.63, 3.8) is 0 Å². The number of phenols is 1. The van der Waals surface area contributed by atoms with E-state index in [0.29, 0.717) is 28.9 Å². The molecule has 0 radical (unpaired) electrons. The Morgan fingerprint density at radius 3 is 2.36 bits per heavy atom. The Balaban J connectivity index is 1.49. The molecule has 186 valence electrons.